The quantitative estimate of drug-likeness (QED) is 0.690. The molecule has 0 fully saturated rings. The number of likely N-dealkylation sites (N-methyl/N-ethyl adjacent to an activating group) is 1. The molecule has 0 spiro atoms. The first kappa shape index (κ1) is 15.9. The summed E-state index contributed by atoms with van der Waals surface area (Å²) in [4.78, 5) is 2.07. The second-order valence-electron chi connectivity index (χ2n) is 4.68. The molecule has 2 atom stereocenters. The maximum Gasteiger partial charge on any atom is 0.148 e. The molecule has 0 aromatic carbocycles. The van der Waals surface area contributed by atoms with Crippen molar-refractivity contribution in [1.29, 1.82) is 0 Å². The lowest BCUT2D eigenvalue weighted by molar-refractivity contribution is 0.190. The first-order valence-electron chi connectivity index (χ1n) is 5.89. The van der Waals surface area contributed by atoms with Gasteiger partial charge in [0.1, 0.15) is 9.84 Å². The van der Waals surface area contributed by atoms with E-state index in [0.717, 1.165) is 12.8 Å². The lowest BCUT2D eigenvalue weighted by Gasteiger charge is -2.31. The molecular weight excluding hydrogens is 224 g/mol. The molecule has 0 saturated carbocycles. The molecular formula is C11H26N2O2S. The van der Waals surface area contributed by atoms with Crippen LogP contribution in [-0.2, 0) is 9.84 Å². The Labute approximate surface area is 100 Å². The minimum atomic E-state index is -2.88. The first-order valence-corrected chi connectivity index (χ1v) is 7.95. The maximum atomic E-state index is 11.1. The molecule has 0 aliphatic heterocycles. The summed E-state index contributed by atoms with van der Waals surface area (Å²) in [6, 6.07) is 0.279. The Balaban J connectivity index is 4.25. The van der Waals surface area contributed by atoms with Crippen LogP contribution in [0.4, 0.5) is 0 Å². The fourth-order valence-corrected chi connectivity index (χ4v) is 2.59. The van der Waals surface area contributed by atoms with Gasteiger partial charge in [-0.3, -0.25) is 0 Å². The topological polar surface area (TPSA) is 63.4 Å². The predicted octanol–water partition coefficient (Wildman–Crippen LogP) is 0.726. The summed E-state index contributed by atoms with van der Waals surface area (Å²) in [6.45, 7) is 5.48. The zero-order valence-electron chi connectivity index (χ0n) is 10.9. The van der Waals surface area contributed by atoms with Gasteiger partial charge in [-0.2, -0.15) is 0 Å². The van der Waals surface area contributed by atoms with Gasteiger partial charge >= 0.3 is 0 Å². The Morgan fingerprint density at radius 1 is 1.38 bits per heavy atom. The highest BCUT2D eigenvalue weighted by Crippen LogP contribution is 2.14. The molecule has 5 heteroatoms. The van der Waals surface area contributed by atoms with Gasteiger partial charge in [0, 0.05) is 25.4 Å². The van der Waals surface area contributed by atoms with Crippen LogP contribution in [0.5, 0.6) is 0 Å². The molecule has 0 aliphatic rings. The summed E-state index contributed by atoms with van der Waals surface area (Å²) in [6.07, 6.45) is 3.54. The Hall–Kier alpha value is -0.130. The molecule has 4 nitrogen and oxygen atoms in total. The standard InChI is InChI=1S/C11H26N2O2S/c1-5-6-10(2)11(9-12)13(3)7-8-16(4,14)15/h10-11H,5-9,12H2,1-4H3. The Morgan fingerprint density at radius 2 is 1.94 bits per heavy atom. The van der Waals surface area contributed by atoms with E-state index in [0.29, 0.717) is 19.0 Å². The average molecular weight is 250 g/mol. The minimum Gasteiger partial charge on any atom is -0.329 e. The molecule has 0 saturated heterocycles. The average Bonchev–Trinajstić information content (AvgIpc) is 2.15. The molecule has 0 bridgehead atoms. The summed E-state index contributed by atoms with van der Waals surface area (Å²) in [5.41, 5.74) is 5.75. The van der Waals surface area contributed by atoms with Crippen molar-refractivity contribution in [2.75, 3.05) is 32.1 Å². The summed E-state index contributed by atoms with van der Waals surface area (Å²) in [5, 5.41) is 0. The van der Waals surface area contributed by atoms with Crippen molar-refractivity contribution in [3.05, 3.63) is 0 Å². The largest absolute Gasteiger partial charge is 0.329 e. The van der Waals surface area contributed by atoms with Gasteiger partial charge in [-0.25, -0.2) is 8.42 Å². The van der Waals surface area contributed by atoms with Crippen LogP contribution in [0.2, 0.25) is 0 Å². The van der Waals surface area contributed by atoms with E-state index in [4.69, 9.17) is 5.73 Å². The van der Waals surface area contributed by atoms with Crippen LogP contribution in [0, 0.1) is 5.92 Å². The molecule has 0 aromatic heterocycles. The van der Waals surface area contributed by atoms with Crippen LogP contribution in [0.3, 0.4) is 0 Å². The van der Waals surface area contributed by atoms with Gasteiger partial charge in [-0.1, -0.05) is 20.3 Å². The summed E-state index contributed by atoms with van der Waals surface area (Å²) < 4.78 is 22.2. The maximum absolute atomic E-state index is 11.1. The molecule has 0 amide bonds. The van der Waals surface area contributed by atoms with Crippen molar-refractivity contribution in [2.24, 2.45) is 11.7 Å². The van der Waals surface area contributed by atoms with Gasteiger partial charge in [0.2, 0.25) is 0 Å². The second-order valence-corrected chi connectivity index (χ2v) is 6.94. The highest BCUT2D eigenvalue weighted by atomic mass is 32.2. The highest BCUT2D eigenvalue weighted by molar-refractivity contribution is 7.90. The normalized spacial score (nSPS) is 16.4. The summed E-state index contributed by atoms with van der Waals surface area (Å²) in [7, 11) is -0.928. The van der Waals surface area contributed by atoms with E-state index in [1.807, 2.05) is 7.05 Å². The van der Waals surface area contributed by atoms with Crippen molar-refractivity contribution in [3.63, 3.8) is 0 Å². The first-order chi connectivity index (χ1) is 7.31. The molecule has 0 rings (SSSR count). The SMILES string of the molecule is CCCC(C)C(CN)N(C)CCS(C)(=O)=O. The number of sulfone groups is 1. The van der Waals surface area contributed by atoms with Crippen LogP contribution in [0.25, 0.3) is 0 Å². The third kappa shape index (κ3) is 6.45. The van der Waals surface area contributed by atoms with E-state index >= 15 is 0 Å². The predicted molar refractivity (Wildman–Crippen MR) is 69.3 cm³/mol. The van der Waals surface area contributed by atoms with Crippen molar-refractivity contribution in [3.8, 4) is 0 Å². The Bertz CT molecular complexity index is 278. The fourth-order valence-electron chi connectivity index (χ4n) is 1.97. The van der Waals surface area contributed by atoms with Crippen LogP contribution < -0.4 is 5.73 Å². The monoisotopic (exact) mass is 250 g/mol. The zero-order valence-corrected chi connectivity index (χ0v) is 11.8. The van der Waals surface area contributed by atoms with Crippen molar-refractivity contribution in [2.45, 2.75) is 32.7 Å². The van der Waals surface area contributed by atoms with E-state index in [-0.39, 0.29) is 11.8 Å². The lowest BCUT2D eigenvalue weighted by atomic mass is 9.96. The van der Waals surface area contributed by atoms with Crippen LogP contribution in [0.15, 0.2) is 0 Å². The Morgan fingerprint density at radius 3 is 2.31 bits per heavy atom. The lowest BCUT2D eigenvalue weighted by Crippen LogP contribution is -2.44. The number of nitrogens with two attached hydrogens (primary N) is 1. The molecule has 2 unspecified atom stereocenters. The third-order valence-electron chi connectivity index (χ3n) is 3.02. The van der Waals surface area contributed by atoms with Gasteiger partial charge in [-0.05, 0) is 19.4 Å². The minimum absolute atomic E-state index is 0.207. The van der Waals surface area contributed by atoms with Crippen molar-refractivity contribution in [1.82, 2.24) is 4.90 Å². The van der Waals surface area contributed by atoms with Crippen molar-refractivity contribution < 1.29 is 8.42 Å². The molecule has 0 aromatic rings. The molecule has 0 heterocycles. The van der Waals surface area contributed by atoms with E-state index < -0.39 is 9.84 Å². The van der Waals surface area contributed by atoms with E-state index in [1.165, 1.54) is 6.26 Å². The number of nitrogens with zero attached hydrogens (tertiary/aromatic N) is 1. The number of hydrogen-bond acceptors (Lipinski definition) is 4. The second kappa shape index (κ2) is 7.25. The van der Waals surface area contributed by atoms with Crippen LogP contribution >= 0.6 is 0 Å². The van der Waals surface area contributed by atoms with E-state index in [1.54, 1.807) is 0 Å². The number of rotatable bonds is 8. The Kier molecular flexibility index (Phi) is 7.19. The van der Waals surface area contributed by atoms with Gasteiger partial charge < -0.3 is 10.6 Å². The van der Waals surface area contributed by atoms with Gasteiger partial charge in [-0.15, -0.1) is 0 Å². The molecule has 0 aliphatic carbocycles. The third-order valence-corrected chi connectivity index (χ3v) is 3.95. The van der Waals surface area contributed by atoms with Gasteiger partial charge in [0.05, 0.1) is 5.75 Å². The highest BCUT2D eigenvalue weighted by Gasteiger charge is 2.20. The zero-order chi connectivity index (χ0) is 12.8. The molecule has 0 radical (unpaired) electrons. The molecule has 98 valence electrons. The summed E-state index contributed by atoms with van der Waals surface area (Å²) >= 11 is 0. The summed E-state index contributed by atoms with van der Waals surface area (Å²) in [5.74, 6) is 0.721. The van der Waals surface area contributed by atoms with Crippen molar-refractivity contribution >= 4 is 9.84 Å². The van der Waals surface area contributed by atoms with Crippen LogP contribution in [0.1, 0.15) is 26.7 Å². The van der Waals surface area contributed by atoms with Crippen LogP contribution in [-0.4, -0.2) is 51.5 Å². The van der Waals surface area contributed by atoms with E-state index in [2.05, 4.69) is 18.7 Å². The number of hydrogen-bond donors (Lipinski definition) is 1. The van der Waals surface area contributed by atoms with E-state index in [9.17, 15) is 8.42 Å². The smallest absolute Gasteiger partial charge is 0.148 e. The van der Waals surface area contributed by atoms with Gasteiger partial charge in [0.15, 0.2) is 0 Å². The fraction of sp³-hybridized carbons (Fsp3) is 1.00. The van der Waals surface area contributed by atoms with Gasteiger partial charge in [0.25, 0.3) is 0 Å². The molecule has 2 N–H and O–H groups in total. The molecule has 16 heavy (non-hydrogen) atoms.